The van der Waals surface area contributed by atoms with Crippen molar-refractivity contribution in [1.82, 2.24) is 0 Å². The first-order valence-corrected chi connectivity index (χ1v) is 8.53. The summed E-state index contributed by atoms with van der Waals surface area (Å²) in [5.74, 6) is 0.633. The fourth-order valence-electron chi connectivity index (χ4n) is 2.75. The first kappa shape index (κ1) is 20.1. The van der Waals surface area contributed by atoms with Gasteiger partial charge >= 0.3 is 0 Å². The Morgan fingerprint density at radius 1 is 1.00 bits per heavy atom. The number of aliphatic hydroxyl groups is 4. The van der Waals surface area contributed by atoms with E-state index >= 15 is 0 Å². The van der Waals surface area contributed by atoms with Gasteiger partial charge in [0.15, 0.2) is 0 Å². The van der Waals surface area contributed by atoms with Gasteiger partial charge in [0.2, 0.25) is 0 Å². The van der Waals surface area contributed by atoms with E-state index in [9.17, 15) is 20.4 Å². The molecule has 0 amide bonds. The van der Waals surface area contributed by atoms with Crippen LogP contribution in [-0.4, -0.2) is 76.9 Å². The third kappa shape index (κ3) is 5.64. The zero-order valence-electron chi connectivity index (χ0n) is 14.6. The SMILES string of the molecule is CC(C)C1OC(COCC(O)COc2ccccc2)C(O)C(O)C1O. The van der Waals surface area contributed by atoms with Crippen molar-refractivity contribution in [1.29, 1.82) is 0 Å². The molecule has 0 saturated carbocycles. The predicted octanol–water partition coefficient (Wildman–Crippen LogP) is -0.0510. The smallest absolute Gasteiger partial charge is 0.119 e. The highest BCUT2D eigenvalue weighted by atomic mass is 16.6. The van der Waals surface area contributed by atoms with Crippen molar-refractivity contribution >= 4 is 0 Å². The topological polar surface area (TPSA) is 109 Å². The summed E-state index contributed by atoms with van der Waals surface area (Å²) in [6, 6.07) is 9.13. The third-order valence-electron chi connectivity index (χ3n) is 4.18. The average Bonchev–Trinajstić information content (AvgIpc) is 2.60. The van der Waals surface area contributed by atoms with Crippen molar-refractivity contribution in [2.45, 2.75) is 50.5 Å². The number of hydrogen-bond donors (Lipinski definition) is 4. The molecule has 1 aromatic rings. The highest BCUT2D eigenvalue weighted by Gasteiger charge is 2.44. The molecule has 4 N–H and O–H groups in total. The van der Waals surface area contributed by atoms with E-state index in [4.69, 9.17) is 14.2 Å². The van der Waals surface area contributed by atoms with Crippen LogP contribution in [0.2, 0.25) is 0 Å². The van der Waals surface area contributed by atoms with Crippen LogP contribution in [-0.2, 0) is 9.47 Å². The summed E-state index contributed by atoms with van der Waals surface area (Å²) in [6.45, 7) is 3.80. The molecule has 0 spiro atoms. The van der Waals surface area contributed by atoms with Crippen molar-refractivity contribution in [2.75, 3.05) is 19.8 Å². The van der Waals surface area contributed by atoms with Gasteiger partial charge in [-0.1, -0.05) is 32.0 Å². The lowest BCUT2D eigenvalue weighted by molar-refractivity contribution is -0.242. The molecule has 142 valence electrons. The fraction of sp³-hybridized carbons (Fsp3) is 0.667. The molecular formula is C18H28O7. The molecule has 0 bridgehead atoms. The number of benzene rings is 1. The molecule has 25 heavy (non-hydrogen) atoms. The average molecular weight is 356 g/mol. The molecular weight excluding hydrogens is 328 g/mol. The fourth-order valence-corrected chi connectivity index (χ4v) is 2.75. The summed E-state index contributed by atoms with van der Waals surface area (Å²) in [7, 11) is 0. The normalized spacial score (nSPS) is 31.1. The van der Waals surface area contributed by atoms with Gasteiger partial charge in [-0.05, 0) is 18.1 Å². The minimum Gasteiger partial charge on any atom is -0.491 e. The minimum absolute atomic E-state index is 0.00341. The van der Waals surface area contributed by atoms with Crippen molar-refractivity contribution in [2.24, 2.45) is 5.92 Å². The molecule has 2 rings (SSSR count). The van der Waals surface area contributed by atoms with E-state index in [1.54, 1.807) is 12.1 Å². The van der Waals surface area contributed by atoms with Crippen molar-refractivity contribution in [3.8, 4) is 5.75 Å². The van der Waals surface area contributed by atoms with Crippen molar-refractivity contribution in [3.05, 3.63) is 30.3 Å². The lowest BCUT2D eigenvalue weighted by atomic mass is 9.89. The lowest BCUT2D eigenvalue weighted by Gasteiger charge is -2.42. The summed E-state index contributed by atoms with van der Waals surface area (Å²) in [5, 5.41) is 39.8. The van der Waals surface area contributed by atoms with Gasteiger partial charge in [0.05, 0.1) is 19.3 Å². The summed E-state index contributed by atoms with van der Waals surface area (Å²) >= 11 is 0. The molecule has 0 radical (unpaired) electrons. The summed E-state index contributed by atoms with van der Waals surface area (Å²) in [5.41, 5.74) is 0. The van der Waals surface area contributed by atoms with Gasteiger partial charge in [-0.25, -0.2) is 0 Å². The van der Waals surface area contributed by atoms with Crippen LogP contribution in [0.15, 0.2) is 30.3 Å². The Morgan fingerprint density at radius 3 is 2.32 bits per heavy atom. The van der Waals surface area contributed by atoms with Gasteiger partial charge < -0.3 is 34.6 Å². The van der Waals surface area contributed by atoms with Crippen LogP contribution in [0.25, 0.3) is 0 Å². The van der Waals surface area contributed by atoms with E-state index in [0.29, 0.717) is 5.75 Å². The third-order valence-corrected chi connectivity index (χ3v) is 4.18. The van der Waals surface area contributed by atoms with E-state index in [-0.39, 0.29) is 25.7 Å². The molecule has 0 aliphatic carbocycles. The van der Waals surface area contributed by atoms with Gasteiger partial charge in [-0.3, -0.25) is 0 Å². The Hall–Kier alpha value is -1.22. The molecule has 7 heteroatoms. The van der Waals surface area contributed by atoms with E-state index in [0.717, 1.165) is 0 Å². The second-order valence-corrected chi connectivity index (χ2v) is 6.67. The summed E-state index contributed by atoms with van der Waals surface area (Å²) in [6.07, 6.45) is -5.87. The molecule has 6 atom stereocenters. The molecule has 1 aliphatic heterocycles. The van der Waals surface area contributed by atoms with Crippen LogP contribution in [0.3, 0.4) is 0 Å². The van der Waals surface area contributed by atoms with Gasteiger partial charge in [0, 0.05) is 0 Å². The van der Waals surface area contributed by atoms with Gasteiger partial charge in [0.1, 0.15) is 42.9 Å². The lowest BCUT2D eigenvalue weighted by Crippen LogP contribution is -2.60. The summed E-state index contributed by atoms with van der Waals surface area (Å²) in [4.78, 5) is 0. The quantitative estimate of drug-likeness (QED) is 0.517. The highest BCUT2D eigenvalue weighted by molar-refractivity contribution is 5.20. The molecule has 1 saturated heterocycles. The molecule has 1 heterocycles. The van der Waals surface area contributed by atoms with Crippen LogP contribution in [0.1, 0.15) is 13.8 Å². The number of rotatable bonds is 8. The number of para-hydroxylation sites is 1. The van der Waals surface area contributed by atoms with Crippen LogP contribution < -0.4 is 4.74 Å². The van der Waals surface area contributed by atoms with Crippen LogP contribution >= 0.6 is 0 Å². The Kier molecular flexibility index (Phi) is 7.61. The Labute approximate surface area is 147 Å². The molecule has 0 aromatic heterocycles. The van der Waals surface area contributed by atoms with Crippen LogP contribution in [0, 0.1) is 5.92 Å². The number of ether oxygens (including phenoxy) is 3. The van der Waals surface area contributed by atoms with E-state index in [1.165, 1.54) is 0 Å². The maximum atomic E-state index is 10.0. The van der Waals surface area contributed by atoms with Crippen molar-refractivity contribution < 1.29 is 34.6 Å². The molecule has 6 unspecified atom stereocenters. The number of aliphatic hydroxyl groups excluding tert-OH is 4. The zero-order valence-corrected chi connectivity index (χ0v) is 14.6. The first-order chi connectivity index (χ1) is 11.9. The highest BCUT2D eigenvalue weighted by Crippen LogP contribution is 2.26. The molecule has 1 fully saturated rings. The second-order valence-electron chi connectivity index (χ2n) is 6.67. The van der Waals surface area contributed by atoms with E-state index in [2.05, 4.69) is 0 Å². The van der Waals surface area contributed by atoms with Crippen LogP contribution in [0.4, 0.5) is 0 Å². The van der Waals surface area contributed by atoms with Crippen molar-refractivity contribution in [3.63, 3.8) is 0 Å². The molecule has 1 aliphatic rings. The minimum atomic E-state index is -1.29. The van der Waals surface area contributed by atoms with E-state index in [1.807, 2.05) is 32.0 Å². The first-order valence-electron chi connectivity index (χ1n) is 8.53. The Morgan fingerprint density at radius 2 is 1.68 bits per heavy atom. The molecule has 1 aromatic carbocycles. The Bertz CT molecular complexity index is 495. The monoisotopic (exact) mass is 356 g/mol. The van der Waals surface area contributed by atoms with Gasteiger partial charge in [-0.15, -0.1) is 0 Å². The maximum Gasteiger partial charge on any atom is 0.119 e. The molecule has 7 nitrogen and oxygen atoms in total. The van der Waals surface area contributed by atoms with Gasteiger partial charge in [-0.2, -0.15) is 0 Å². The van der Waals surface area contributed by atoms with E-state index < -0.39 is 36.6 Å². The van der Waals surface area contributed by atoms with Gasteiger partial charge in [0.25, 0.3) is 0 Å². The summed E-state index contributed by atoms with van der Waals surface area (Å²) < 4.78 is 16.5. The standard InChI is InChI=1S/C18H28O7/c1-11(2)18-17(22)16(21)15(20)14(25-18)10-23-8-12(19)9-24-13-6-4-3-5-7-13/h3-7,11-12,14-22H,8-10H2,1-2H3. The largest absolute Gasteiger partial charge is 0.491 e. The van der Waals surface area contributed by atoms with Crippen LogP contribution in [0.5, 0.6) is 5.75 Å². The number of hydrogen-bond acceptors (Lipinski definition) is 7. The zero-order chi connectivity index (χ0) is 18.4. The predicted molar refractivity (Wildman–Crippen MR) is 90.3 cm³/mol. The Balaban J connectivity index is 1.74. The maximum absolute atomic E-state index is 10.0. The second kappa shape index (κ2) is 9.47.